The molecule has 0 aliphatic rings. The lowest BCUT2D eigenvalue weighted by molar-refractivity contribution is -0.136. The van der Waals surface area contributed by atoms with Gasteiger partial charge in [0, 0.05) is 35.0 Å². The number of phenolic OH excluding ortho intramolecular Hbond substituents is 1. The number of aromatic hydroxyl groups is 1. The normalized spacial score (nSPS) is 11.6. The SMILES string of the molecule is CCCc1c(OCCCOc2ccc(C(CC(=O)c3ccccc3)SCCC(=O)O)cc2)ccc(C(C)=O)c1O. The highest BCUT2D eigenvalue weighted by atomic mass is 32.2. The molecule has 0 aliphatic carbocycles. The summed E-state index contributed by atoms with van der Waals surface area (Å²) in [6.45, 7) is 4.24. The number of carbonyl (C=O) groups is 3. The van der Waals surface area contributed by atoms with Crippen LogP contribution < -0.4 is 9.47 Å². The fourth-order valence-electron chi connectivity index (χ4n) is 4.21. The lowest BCUT2D eigenvalue weighted by atomic mass is 10.0. The van der Waals surface area contributed by atoms with Gasteiger partial charge in [0.15, 0.2) is 11.6 Å². The Morgan fingerprint density at radius 2 is 1.62 bits per heavy atom. The van der Waals surface area contributed by atoms with E-state index in [2.05, 4.69) is 0 Å². The molecular formula is C32H36O7S. The lowest BCUT2D eigenvalue weighted by Gasteiger charge is -2.17. The molecule has 0 saturated heterocycles. The molecule has 8 heteroatoms. The molecular weight excluding hydrogens is 528 g/mol. The summed E-state index contributed by atoms with van der Waals surface area (Å²) in [6.07, 6.45) is 2.34. The number of carboxylic acid groups (broad SMARTS) is 1. The number of hydrogen-bond acceptors (Lipinski definition) is 7. The Balaban J connectivity index is 1.55. The second-order valence-corrected chi connectivity index (χ2v) is 10.7. The molecule has 0 aromatic heterocycles. The van der Waals surface area contributed by atoms with Gasteiger partial charge in [0.2, 0.25) is 0 Å². The average Bonchev–Trinajstić information content (AvgIpc) is 2.94. The van der Waals surface area contributed by atoms with Crippen molar-refractivity contribution in [3.8, 4) is 17.2 Å². The molecule has 0 radical (unpaired) electrons. The number of ether oxygens (including phenoxy) is 2. The summed E-state index contributed by atoms with van der Waals surface area (Å²) in [6, 6.07) is 20.0. The Morgan fingerprint density at radius 1 is 0.925 bits per heavy atom. The van der Waals surface area contributed by atoms with E-state index in [0.717, 1.165) is 12.0 Å². The Hall–Kier alpha value is -3.78. The molecule has 0 amide bonds. The van der Waals surface area contributed by atoms with Gasteiger partial charge in [-0.3, -0.25) is 14.4 Å². The van der Waals surface area contributed by atoms with Gasteiger partial charge in [-0.25, -0.2) is 0 Å². The summed E-state index contributed by atoms with van der Waals surface area (Å²) in [5.74, 6) is 0.629. The molecule has 3 aromatic carbocycles. The highest BCUT2D eigenvalue weighted by Gasteiger charge is 2.19. The van der Waals surface area contributed by atoms with E-state index >= 15 is 0 Å². The van der Waals surface area contributed by atoms with E-state index in [1.807, 2.05) is 49.4 Å². The van der Waals surface area contributed by atoms with Crippen LogP contribution >= 0.6 is 11.8 Å². The third kappa shape index (κ3) is 9.16. The third-order valence-electron chi connectivity index (χ3n) is 6.29. The minimum atomic E-state index is -0.861. The van der Waals surface area contributed by atoms with Crippen LogP contribution in [0.5, 0.6) is 17.2 Å². The third-order valence-corrected chi connectivity index (χ3v) is 7.57. The number of benzene rings is 3. The van der Waals surface area contributed by atoms with Crippen molar-refractivity contribution in [1.29, 1.82) is 0 Å². The number of carbonyl (C=O) groups excluding carboxylic acids is 2. The van der Waals surface area contributed by atoms with Crippen molar-refractivity contribution in [3.63, 3.8) is 0 Å². The van der Waals surface area contributed by atoms with Gasteiger partial charge < -0.3 is 19.7 Å². The molecule has 0 heterocycles. The molecule has 0 spiro atoms. The zero-order valence-corrected chi connectivity index (χ0v) is 23.7. The van der Waals surface area contributed by atoms with Crippen LogP contribution in [-0.2, 0) is 11.2 Å². The number of carboxylic acids is 1. The Bertz CT molecular complexity index is 1270. The first kappa shape index (κ1) is 30.8. The van der Waals surface area contributed by atoms with E-state index in [-0.39, 0.29) is 35.4 Å². The highest BCUT2D eigenvalue weighted by molar-refractivity contribution is 7.99. The molecule has 0 aliphatic heterocycles. The largest absolute Gasteiger partial charge is 0.507 e. The molecule has 40 heavy (non-hydrogen) atoms. The minimum Gasteiger partial charge on any atom is -0.507 e. The smallest absolute Gasteiger partial charge is 0.304 e. The van der Waals surface area contributed by atoms with Gasteiger partial charge in [0.05, 0.1) is 25.2 Å². The van der Waals surface area contributed by atoms with Gasteiger partial charge in [-0.05, 0) is 43.2 Å². The molecule has 212 valence electrons. The monoisotopic (exact) mass is 564 g/mol. The average molecular weight is 565 g/mol. The van der Waals surface area contributed by atoms with E-state index in [9.17, 15) is 19.5 Å². The Kier molecular flexibility index (Phi) is 12.1. The summed E-state index contributed by atoms with van der Waals surface area (Å²) in [7, 11) is 0. The van der Waals surface area contributed by atoms with Gasteiger partial charge in [-0.15, -0.1) is 0 Å². The summed E-state index contributed by atoms with van der Waals surface area (Å²) in [4.78, 5) is 35.6. The van der Waals surface area contributed by atoms with Gasteiger partial charge in [-0.1, -0.05) is 55.8 Å². The van der Waals surface area contributed by atoms with Crippen LogP contribution in [0.3, 0.4) is 0 Å². The maximum absolute atomic E-state index is 12.8. The molecule has 3 aromatic rings. The molecule has 0 saturated carbocycles. The first-order valence-electron chi connectivity index (χ1n) is 13.4. The standard InChI is InChI=1S/C32H36O7S/c1-3-8-27-29(16-15-26(22(2)33)32(27)37)39-19-7-18-38-25-13-11-24(12-14-25)30(40-20-17-31(35)36)21-28(34)23-9-5-4-6-10-23/h4-6,9-16,30,37H,3,7-8,17-21H2,1-2H3,(H,35,36). The van der Waals surface area contributed by atoms with Crippen molar-refractivity contribution in [3.05, 3.63) is 89.0 Å². The van der Waals surface area contributed by atoms with Crippen molar-refractivity contribution in [1.82, 2.24) is 0 Å². The fraction of sp³-hybridized carbons (Fsp3) is 0.344. The van der Waals surface area contributed by atoms with E-state index < -0.39 is 5.97 Å². The molecule has 0 bridgehead atoms. The number of ketones is 2. The number of phenols is 1. The van der Waals surface area contributed by atoms with Crippen molar-refractivity contribution >= 4 is 29.3 Å². The van der Waals surface area contributed by atoms with Crippen molar-refractivity contribution in [2.24, 2.45) is 0 Å². The maximum atomic E-state index is 12.8. The maximum Gasteiger partial charge on any atom is 0.304 e. The van der Waals surface area contributed by atoms with Crippen molar-refractivity contribution in [2.75, 3.05) is 19.0 Å². The summed E-state index contributed by atoms with van der Waals surface area (Å²) in [5.41, 5.74) is 2.52. The molecule has 3 rings (SSSR count). The van der Waals surface area contributed by atoms with Crippen molar-refractivity contribution in [2.45, 2.75) is 51.2 Å². The van der Waals surface area contributed by atoms with Crippen LogP contribution in [0.4, 0.5) is 0 Å². The predicted molar refractivity (Wildman–Crippen MR) is 157 cm³/mol. The number of Topliss-reactive ketones (excluding diaryl/α,β-unsaturated/α-hetero) is 2. The first-order chi connectivity index (χ1) is 19.3. The second kappa shape index (κ2) is 15.7. The van der Waals surface area contributed by atoms with Crippen LogP contribution in [0.25, 0.3) is 0 Å². The Labute approximate surface area is 239 Å². The van der Waals surface area contributed by atoms with Crippen LogP contribution in [0, 0.1) is 0 Å². The first-order valence-corrected chi connectivity index (χ1v) is 14.5. The van der Waals surface area contributed by atoms with E-state index in [4.69, 9.17) is 14.6 Å². The Morgan fingerprint density at radius 3 is 2.27 bits per heavy atom. The summed E-state index contributed by atoms with van der Waals surface area (Å²) in [5, 5.41) is 19.4. The van der Waals surface area contributed by atoms with Crippen molar-refractivity contribution < 1.29 is 34.1 Å². The molecule has 1 unspecified atom stereocenters. The van der Waals surface area contributed by atoms with Crippen LogP contribution in [0.1, 0.15) is 76.6 Å². The van der Waals surface area contributed by atoms with E-state index in [1.54, 1.807) is 24.3 Å². The fourth-order valence-corrected chi connectivity index (χ4v) is 5.41. The lowest BCUT2D eigenvalue weighted by Crippen LogP contribution is -2.08. The van der Waals surface area contributed by atoms with Gasteiger partial charge in [0.25, 0.3) is 0 Å². The second-order valence-electron chi connectivity index (χ2n) is 9.36. The molecule has 2 N–H and O–H groups in total. The van der Waals surface area contributed by atoms with E-state index in [0.29, 0.717) is 60.0 Å². The molecule has 1 atom stereocenters. The van der Waals surface area contributed by atoms with Crippen LogP contribution in [0.2, 0.25) is 0 Å². The number of thioether (sulfide) groups is 1. The zero-order chi connectivity index (χ0) is 28.9. The highest BCUT2D eigenvalue weighted by Crippen LogP contribution is 2.35. The topological polar surface area (TPSA) is 110 Å². The zero-order valence-electron chi connectivity index (χ0n) is 22.9. The summed E-state index contributed by atoms with van der Waals surface area (Å²) < 4.78 is 11.8. The summed E-state index contributed by atoms with van der Waals surface area (Å²) >= 11 is 1.47. The molecule has 7 nitrogen and oxygen atoms in total. The van der Waals surface area contributed by atoms with E-state index in [1.165, 1.54) is 18.7 Å². The van der Waals surface area contributed by atoms with Crippen LogP contribution in [-0.4, -0.2) is 46.7 Å². The van der Waals surface area contributed by atoms with Gasteiger partial charge in [-0.2, -0.15) is 11.8 Å². The molecule has 0 fully saturated rings. The van der Waals surface area contributed by atoms with Crippen LogP contribution in [0.15, 0.2) is 66.7 Å². The van der Waals surface area contributed by atoms with Gasteiger partial charge >= 0.3 is 5.97 Å². The number of aliphatic carboxylic acids is 1. The van der Waals surface area contributed by atoms with Gasteiger partial charge in [0.1, 0.15) is 17.2 Å². The quantitative estimate of drug-likeness (QED) is 0.134. The predicted octanol–water partition coefficient (Wildman–Crippen LogP) is 6.92. The minimum absolute atomic E-state index is 0.00640. The number of hydrogen-bond donors (Lipinski definition) is 2. The number of rotatable bonds is 17.